The lowest BCUT2D eigenvalue weighted by Gasteiger charge is -2.63. The summed E-state index contributed by atoms with van der Waals surface area (Å²) in [4.78, 5) is 27.8. The molecule has 1 heterocycles. The highest BCUT2D eigenvalue weighted by Gasteiger charge is 2.78. The number of hydrogen-bond donors (Lipinski definition) is 1. The van der Waals surface area contributed by atoms with Crippen molar-refractivity contribution in [1.29, 1.82) is 0 Å². The number of hydrogen-bond acceptors (Lipinski definition) is 5. The normalized spacial score (nSPS) is 47.4. The van der Waals surface area contributed by atoms with Gasteiger partial charge in [-0.25, -0.2) is 0 Å². The number of fused-ring (bicyclic) bond motifs is 4. The van der Waals surface area contributed by atoms with E-state index in [0.29, 0.717) is 25.2 Å². The SMILES string of the molecule is COC(C)(C)CCCC1(C)OC(=O)C23CC=C4C(CCC5C4(C)CCC(O)C5(C)C)C2(C)CC(=O)C13. The average Bonchev–Trinajstić information content (AvgIpc) is 3.17. The number of Topliss-reactive ketones (excluding diaryl/α,β-unsaturated/α-hetero) is 1. The number of methoxy groups -OCH3 is 1. The van der Waals surface area contributed by atoms with Crippen LogP contribution in [0.4, 0.5) is 0 Å². The molecule has 1 saturated heterocycles. The van der Waals surface area contributed by atoms with Gasteiger partial charge in [0.25, 0.3) is 0 Å². The van der Waals surface area contributed by atoms with Gasteiger partial charge in [-0.3, -0.25) is 9.59 Å². The lowest BCUT2D eigenvalue weighted by molar-refractivity contribution is -0.163. The van der Waals surface area contributed by atoms with Crippen LogP contribution in [0.5, 0.6) is 0 Å². The molecule has 8 atom stereocenters. The molecule has 3 saturated carbocycles. The molecule has 4 aliphatic carbocycles. The van der Waals surface area contributed by atoms with Crippen molar-refractivity contribution in [3.05, 3.63) is 11.6 Å². The number of aliphatic hydroxyl groups is 1. The predicted molar refractivity (Wildman–Crippen MR) is 139 cm³/mol. The van der Waals surface area contributed by atoms with Crippen molar-refractivity contribution in [2.75, 3.05) is 7.11 Å². The number of cyclic esters (lactones) is 1. The highest BCUT2D eigenvalue weighted by atomic mass is 16.6. The second-order valence-electron chi connectivity index (χ2n) is 14.8. The van der Waals surface area contributed by atoms with Crippen LogP contribution in [-0.4, -0.2) is 41.3 Å². The van der Waals surface area contributed by atoms with Crippen LogP contribution >= 0.6 is 0 Å². The summed E-state index contributed by atoms with van der Waals surface area (Å²) in [6.45, 7) is 15.2. The zero-order valence-corrected chi connectivity index (χ0v) is 23.8. The molecule has 0 aromatic rings. The second kappa shape index (κ2) is 7.91. The van der Waals surface area contributed by atoms with E-state index in [9.17, 15) is 14.7 Å². The van der Waals surface area contributed by atoms with Crippen molar-refractivity contribution in [3.8, 4) is 0 Å². The van der Waals surface area contributed by atoms with E-state index in [1.54, 1.807) is 7.11 Å². The zero-order valence-electron chi connectivity index (χ0n) is 23.8. The molecule has 5 heteroatoms. The third-order valence-corrected chi connectivity index (χ3v) is 12.3. The Morgan fingerprint density at radius 1 is 1.11 bits per heavy atom. The largest absolute Gasteiger partial charge is 0.458 e. The fraction of sp³-hybridized carbons (Fsp3) is 0.871. The molecule has 202 valence electrons. The smallest absolute Gasteiger partial charge is 0.314 e. The van der Waals surface area contributed by atoms with Gasteiger partial charge in [0.15, 0.2) is 0 Å². The molecular weight excluding hydrogens is 452 g/mol. The summed E-state index contributed by atoms with van der Waals surface area (Å²) in [5.74, 6) is 0.331. The first kappa shape index (κ1) is 26.4. The van der Waals surface area contributed by atoms with Gasteiger partial charge in [-0.1, -0.05) is 39.3 Å². The number of carbonyl (C=O) groups is 2. The summed E-state index contributed by atoms with van der Waals surface area (Å²) in [6, 6.07) is 0. The van der Waals surface area contributed by atoms with Crippen LogP contribution in [0.3, 0.4) is 0 Å². The number of aliphatic hydroxyl groups excluding tert-OH is 1. The third kappa shape index (κ3) is 3.20. The van der Waals surface area contributed by atoms with Crippen LogP contribution < -0.4 is 0 Å². The molecule has 8 unspecified atom stereocenters. The van der Waals surface area contributed by atoms with E-state index in [-0.39, 0.29) is 46.1 Å². The van der Waals surface area contributed by atoms with Gasteiger partial charge in [0, 0.05) is 13.5 Å². The Hall–Kier alpha value is -1.20. The fourth-order valence-corrected chi connectivity index (χ4v) is 10.1. The van der Waals surface area contributed by atoms with E-state index in [1.165, 1.54) is 5.57 Å². The molecule has 0 aromatic carbocycles. The van der Waals surface area contributed by atoms with Gasteiger partial charge >= 0.3 is 5.97 Å². The fourth-order valence-electron chi connectivity index (χ4n) is 10.1. The van der Waals surface area contributed by atoms with E-state index in [2.05, 4.69) is 47.6 Å². The second-order valence-corrected chi connectivity index (χ2v) is 14.8. The van der Waals surface area contributed by atoms with E-state index < -0.39 is 16.4 Å². The lowest BCUT2D eigenvalue weighted by atomic mass is 9.41. The maximum atomic E-state index is 13.9. The summed E-state index contributed by atoms with van der Waals surface area (Å²) in [5.41, 5.74) is -0.811. The zero-order chi connectivity index (χ0) is 26.5. The summed E-state index contributed by atoms with van der Waals surface area (Å²) >= 11 is 0. The number of ketones is 1. The van der Waals surface area contributed by atoms with E-state index in [0.717, 1.165) is 38.5 Å². The monoisotopic (exact) mass is 500 g/mol. The van der Waals surface area contributed by atoms with Crippen molar-refractivity contribution in [1.82, 2.24) is 0 Å². The molecule has 0 bridgehead atoms. The molecule has 5 rings (SSSR count). The topological polar surface area (TPSA) is 72.8 Å². The minimum absolute atomic E-state index is 0.00888. The summed E-state index contributed by atoms with van der Waals surface area (Å²) in [6.07, 6.45) is 9.36. The molecule has 0 radical (unpaired) electrons. The predicted octanol–water partition coefficient (Wildman–Crippen LogP) is 6.02. The molecule has 4 fully saturated rings. The molecule has 1 spiro atoms. The van der Waals surface area contributed by atoms with Crippen molar-refractivity contribution in [2.24, 2.45) is 39.4 Å². The van der Waals surface area contributed by atoms with Crippen LogP contribution in [0, 0.1) is 39.4 Å². The van der Waals surface area contributed by atoms with E-state index in [4.69, 9.17) is 9.47 Å². The third-order valence-electron chi connectivity index (χ3n) is 12.3. The number of carbonyl (C=O) groups excluding carboxylic acids is 2. The van der Waals surface area contributed by atoms with Crippen LogP contribution in [0.15, 0.2) is 11.6 Å². The Bertz CT molecular complexity index is 995. The standard InChI is InChI=1S/C31H48O5/c1-26(2,35-8)14-9-15-30(7)24-21(32)18-29(6)20-10-11-22-27(3,4)23(33)13-16-28(22,5)19(20)12-17-31(24,29)25(34)36-30/h12,20,22-24,33H,9-11,13-18H2,1-8H3. The minimum atomic E-state index is -0.753. The van der Waals surface area contributed by atoms with Gasteiger partial charge in [-0.2, -0.15) is 0 Å². The van der Waals surface area contributed by atoms with E-state index in [1.807, 2.05) is 6.92 Å². The van der Waals surface area contributed by atoms with Crippen molar-refractivity contribution in [3.63, 3.8) is 0 Å². The number of allylic oxidation sites excluding steroid dienone is 2. The van der Waals surface area contributed by atoms with Crippen molar-refractivity contribution >= 4 is 11.8 Å². The number of ether oxygens (including phenoxy) is 2. The Balaban J connectivity index is 1.50. The first-order valence-electron chi connectivity index (χ1n) is 14.3. The molecule has 5 nitrogen and oxygen atoms in total. The lowest BCUT2D eigenvalue weighted by Crippen LogP contribution is -2.58. The summed E-state index contributed by atoms with van der Waals surface area (Å²) < 4.78 is 11.9. The average molecular weight is 501 g/mol. The first-order valence-corrected chi connectivity index (χ1v) is 14.3. The maximum Gasteiger partial charge on any atom is 0.314 e. The van der Waals surface area contributed by atoms with Crippen molar-refractivity contribution < 1.29 is 24.2 Å². The Morgan fingerprint density at radius 3 is 2.47 bits per heavy atom. The molecule has 36 heavy (non-hydrogen) atoms. The molecule has 1 aliphatic heterocycles. The highest BCUT2D eigenvalue weighted by Crippen LogP contribution is 2.75. The molecule has 0 aromatic heterocycles. The highest BCUT2D eigenvalue weighted by molar-refractivity contribution is 5.99. The van der Waals surface area contributed by atoms with Crippen molar-refractivity contribution in [2.45, 2.75) is 124 Å². The van der Waals surface area contributed by atoms with Crippen LogP contribution in [0.25, 0.3) is 0 Å². The Morgan fingerprint density at radius 2 is 1.81 bits per heavy atom. The Labute approximate surface area is 217 Å². The molecule has 5 aliphatic rings. The van der Waals surface area contributed by atoms with Gasteiger partial charge in [0.1, 0.15) is 11.4 Å². The van der Waals surface area contributed by atoms with Gasteiger partial charge < -0.3 is 14.6 Å². The van der Waals surface area contributed by atoms with Crippen LogP contribution in [0.1, 0.15) is 106 Å². The van der Waals surface area contributed by atoms with Crippen LogP contribution in [-0.2, 0) is 19.1 Å². The quantitative estimate of drug-likeness (QED) is 0.369. The molecular formula is C31H48O5. The summed E-state index contributed by atoms with van der Waals surface area (Å²) in [5, 5.41) is 10.8. The maximum absolute atomic E-state index is 13.9. The van der Waals surface area contributed by atoms with Gasteiger partial charge in [-0.05, 0) is 100 Å². The van der Waals surface area contributed by atoms with Gasteiger partial charge in [0.05, 0.1) is 23.0 Å². The van der Waals surface area contributed by atoms with Crippen LogP contribution in [0.2, 0.25) is 0 Å². The molecule has 0 amide bonds. The number of esters is 1. The number of rotatable bonds is 5. The molecule has 1 N–H and O–H groups in total. The Kier molecular flexibility index (Phi) is 5.80. The first-order chi connectivity index (χ1) is 16.6. The van der Waals surface area contributed by atoms with E-state index >= 15 is 0 Å². The minimum Gasteiger partial charge on any atom is -0.458 e. The van der Waals surface area contributed by atoms with Gasteiger partial charge in [-0.15, -0.1) is 0 Å². The summed E-state index contributed by atoms with van der Waals surface area (Å²) in [7, 11) is 1.73. The van der Waals surface area contributed by atoms with Gasteiger partial charge in [0.2, 0.25) is 0 Å².